The molecule has 2 N–H and O–H groups in total. The molecule has 1 aromatic carbocycles. The number of hydrogen-bond donors (Lipinski definition) is 2. The van der Waals surface area contributed by atoms with Crippen molar-refractivity contribution in [3.8, 4) is 5.75 Å². The summed E-state index contributed by atoms with van der Waals surface area (Å²) >= 11 is 13.5. The van der Waals surface area contributed by atoms with Crippen LogP contribution in [-0.2, 0) is 11.3 Å². The highest BCUT2D eigenvalue weighted by molar-refractivity contribution is 7.09. The Kier molecular flexibility index (Phi) is 5.92. The van der Waals surface area contributed by atoms with Gasteiger partial charge in [0.05, 0.1) is 41.2 Å². The van der Waals surface area contributed by atoms with Crippen LogP contribution in [0.3, 0.4) is 0 Å². The van der Waals surface area contributed by atoms with Gasteiger partial charge in [0.15, 0.2) is 0 Å². The minimum atomic E-state index is -0.453. The predicted molar refractivity (Wildman–Crippen MR) is 104 cm³/mol. The molecule has 8 heteroatoms. The van der Waals surface area contributed by atoms with Crippen LogP contribution in [0.2, 0.25) is 10.0 Å². The maximum absolute atomic E-state index is 10.5. The number of aliphatic hydroxyl groups is 2. The summed E-state index contributed by atoms with van der Waals surface area (Å²) in [5, 5.41) is 23.4. The number of thiazole rings is 1. The molecule has 0 unspecified atom stereocenters. The first-order valence-electron chi connectivity index (χ1n) is 9.01. The fourth-order valence-corrected chi connectivity index (χ4v) is 5.21. The van der Waals surface area contributed by atoms with Crippen molar-refractivity contribution in [2.45, 2.75) is 44.2 Å². The van der Waals surface area contributed by atoms with Gasteiger partial charge in [0.1, 0.15) is 16.9 Å². The van der Waals surface area contributed by atoms with Crippen LogP contribution in [-0.4, -0.2) is 34.0 Å². The second kappa shape index (κ2) is 8.23. The van der Waals surface area contributed by atoms with E-state index >= 15 is 0 Å². The number of rotatable bonds is 5. The lowest BCUT2D eigenvalue weighted by atomic mass is 9.87. The summed E-state index contributed by atoms with van der Waals surface area (Å²) in [7, 11) is 0. The molecule has 5 atom stereocenters. The van der Waals surface area contributed by atoms with Gasteiger partial charge in [-0.1, -0.05) is 23.2 Å². The van der Waals surface area contributed by atoms with Crippen molar-refractivity contribution >= 4 is 34.5 Å². The molecule has 27 heavy (non-hydrogen) atoms. The highest BCUT2D eigenvalue weighted by Gasteiger charge is 2.47. The molecule has 2 aromatic rings. The van der Waals surface area contributed by atoms with Crippen LogP contribution in [0.25, 0.3) is 0 Å². The average molecular weight is 430 g/mol. The van der Waals surface area contributed by atoms with E-state index in [4.69, 9.17) is 32.7 Å². The maximum Gasteiger partial charge on any atom is 0.122 e. The number of halogens is 2. The lowest BCUT2D eigenvalue weighted by Gasteiger charge is -2.33. The van der Waals surface area contributed by atoms with Gasteiger partial charge >= 0.3 is 0 Å². The lowest BCUT2D eigenvalue weighted by Crippen LogP contribution is -2.33. The highest BCUT2D eigenvalue weighted by atomic mass is 35.5. The summed E-state index contributed by atoms with van der Waals surface area (Å²) in [4.78, 5) is 4.43. The summed E-state index contributed by atoms with van der Waals surface area (Å²) < 4.78 is 12.1. The summed E-state index contributed by atoms with van der Waals surface area (Å²) in [6.07, 6.45) is 1.91. The number of nitrogens with zero attached hydrogens (tertiary/aromatic N) is 1. The van der Waals surface area contributed by atoms with E-state index in [1.54, 1.807) is 18.2 Å². The Labute approximate surface area is 171 Å². The molecule has 2 heterocycles. The standard InChI is InChI=1S/C19H21Cl2NO4S/c20-14-3-1-11(5-15(14)21)25-8-13-12-2-4-17(26-18(12)6-16(13)24)19-22-10(7-23)9-27-19/h1,3,5,9,12-13,16-18,23-24H,2,4,6-8H2/t12-,13-,16+,17-,18+/m1/s1. The van der Waals surface area contributed by atoms with Crippen molar-refractivity contribution in [1.29, 1.82) is 0 Å². The molecule has 146 valence electrons. The third-order valence-electron chi connectivity index (χ3n) is 5.44. The Morgan fingerprint density at radius 2 is 2.11 bits per heavy atom. The molecule has 0 amide bonds. The fraction of sp³-hybridized carbons (Fsp3) is 0.526. The van der Waals surface area contributed by atoms with Crippen LogP contribution < -0.4 is 4.74 Å². The second-order valence-corrected chi connectivity index (χ2v) is 8.80. The third kappa shape index (κ3) is 4.11. The minimum absolute atomic E-state index is 0.00244. The van der Waals surface area contributed by atoms with Gasteiger partial charge in [-0.25, -0.2) is 4.98 Å². The van der Waals surface area contributed by atoms with Crippen LogP contribution in [0.1, 0.15) is 36.1 Å². The van der Waals surface area contributed by atoms with E-state index in [9.17, 15) is 10.2 Å². The molecule has 0 bridgehead atoms. The predicted octanol–water partition coefficient (Wildman–Crippen LogP) is 4.24. The first-order chi connectivity index (χ1) is 13.0. The van der Waals surface area contributed by atoms with Gasteiger partial charge in [-0.2, -0.15) is 0 Å². The molecule has 4 rings (SSSR count). The van der Waals surface area contributed by atoms with Gasteiger partial charge in [0, 0.05) is 23.8 Å². The third-order valence-corrected chi connectivity index (χ3v) is 7.16. The Balaban J connectivity index is 1.38. The Hall–Kier alpha value is -0.890. The van der Waals surface area contributed by atoms with Crippen LogP contribution in [0.4, 0.5) is 0 Å². The molecular formula is C19H21Cl2NO4S. The van der Waals surface area contributed by atoms with Crippen molar-refractivity contribution in [2.24, 2.45) is 11.8 Å². The summed E-state index contributed by atoms with van der Waals surface area (Å²) in [6, 6.07) is 5.18. The molecular weight excluding hydrogens is 409 g/mol. The zero-order valence-electron chi connectivity index (χ0n) is 14.6. The molecule has 0 spiro atoms. The largest absolute Gasteiger partial charge is 0.493 e. The van der Waals surface area contributed by atoms with Gasteiger partial charge < -0.3 is 19.7 Å². The first-order valence-corrected chi connectivity index (χ1v) is 10.6. The van der Waals surface area contributed by atoms with Crippen molar-refractivity contribution in [2.75, 3.05) is 6.61 Å². The highest BCUT2D eigenvalue weighted by Crippen LogP contribution is 2.46. The molecule has 1 aliphatic carbocycles. The monoisotopic (exact) mass is 429 g/mol. The van der Waals surface area contributed by atoms with Crippen LogP contribution in [0.5, 0.6) is 5.75 Å². The average Bonchev–Trinajstić information content (AvgIpc) is 3.26. The van der Waals surface area contributed by atoms with Gasteiger partial charge in [-0.3, -0.25) is 0 Å². The van der Waals surface area contributed by atoms with Crippen LogP contribution in [0, 0.1) is 11.8 Å². The molecule has 1 aromatic heterocycles. The van der Waals surface area contributed by atoms with Crippen molar-refractivity contribution in [3.63, 3.8) is 0 Å². The summed E-state index contributed by atoms with van der Waals surface area (Å²) in [5.41, 5.74) is 0.681. The van der Waals surface area contributed by atoms with Crippen molar-refractivity contribution < 1.29 is 19.7 Å². The topological polar surface area (TPSA) is 71.8 Å². The van der Waals surface area contributed by atoms with E-state index in [1.165, 1.54) is 11.3 Å². The van der Waals surface area contributed by atoms with Crippen LogP contribution in [0.15, 0.2) is 23.6 Å². The molecule has 2 aliphatic rings. The van der Waals surface area contributed by atoms with Crippen molar-refractivity contribution in [3.05, 3.63) is 44.3 Å². The molecule has 1 saturated carbocycles. The maximum atomic E-state index is 10.5. The van der Waals surface area contributed by atoms with E-state index in [0.717, 1.165) is 17.8 Å². The van der Waals surface area contributed by atoms with Gasteiger partial charge in [0.25, 0.3) is 0 Å². The Morgan fingerprint density at radius 3 is 2.85 bits per heavy atom. The zero-order chi connectivity index (χ0) is 19.0. The number of benzene rings is 1. The normalized spacial score (nSPS) is 30.3. The van der Waals surface area contributed by atoms with E-state index in [0.29, 0.717) is 34.5 Å². The summed E-state index contributed by atoms with van der Waals surface area (Å²) in [5.74, 6) is 0.931. The van der Waals surface area contributed by atoms with E-state index in [1.807, 2.05) is 5.38 Å². The van der Waals surface area contributed by atoms with E-state index < -0.39 is 6.10 Å². The number of hydrogen-bond acceptors (Lipinski definition) is 6. The molecule has 5 nitrogen and oxygen atoms in total. The molecule has 1 aliphatic heterocycles. The first kappa shape index (κ1) is 19.4. The number of ether oxygens (including phenoxy) is 2. The zero-order valence-corrected chi connectivity index (χ0v) is 16.9. The lowest BCUT2D eigenvalue weighted by molar-refractivity contribution is -0.0812. The van der Waals surface area contributed by atoms with E-state index in [-0.39, 0.29) is 30.7 Å². The quantitative estimate of drug-likeness (QED) is 0.743. The van der Waals surface area contributed by atoms with Gasteiger partial charge in [0.2, 0.25) is 0 Å². The van der Waals surface area contributed by atoms with E-state index in [2.05, 4.69) is 4.98 Å². The molecule has 2 fully saturated rings. The second-order valence-electron chi connectivity index (χ2n) is 7.09. The molecule has 0 radical (unpaired) electrons. The number of aliphatic hydroxyl groups excluding tert-OH is 2. The molecule has 1 saturated heterocycles. The smallest absolute Gasteiger partial charge is 0.122 e. The number of fused-ring (bicyclic) bond motifs is 1. The minimum Gasteiger partial charge on any atom is -0.493 e. The van der Waals surface area contributed by atoms with Crippen LogP contribution >= 0.6 is 34.5 Å². The fourth-order valence-electron chi connectivity index (χ4n) is 4.05. The SMILES string of the molecule is OCc1csc([C@H]2CC[C@@H]3[C@@H](COc4ccc(Cl)c(Cl)c4)[C@@H](O)C[C@@H]3O2)n1. The summed E-state index contributed by atoms with van der Waals surface area (Å²) in [6.45, 7) is 0.363. The van der Waals surface area contributed by atoms with Crippen molar-refractivity contribution in [1.82, 2.24) is 4.98 Å². The Bertz CT molecular complexity index is 802. The number of aromatic nitrogens is 1. The van der Waals surface area contributed by atoms with Gasteiger partial charge in [-0.05, 0) is 30.9 Å². The Morgan fingerprint density at radius 1 is 1.26 bits per heavy atom. The van der Waals surface area contributed by atoms with Gasteiger partial charge in [-0.15, -0.1) is 11.3 Å².